The summed E-state index contributed by atoms with van der Waals surface area (Å²) >= 11 is 12.6. The Balaban J connectivity index is 2.14. The number of fused-ring (bicyclic) bond motifs is 1. The van der Waals surface area contributed by atoms with E-state index in [-0.39, 0.29) is 17.1 Å². The Morgan fingerprint density at radius 3 is 2.65 bits per heavy atom. The Kier molecular flexibility index (Phi) is 7.28. The van der Waals surface area contributed by atoms with Crippen molar-refractivity contribution in [3.05, 3.63) is 73.6 Å². The second-order valence-electron chi connectivity index (χ2n) is 7.00. The fourth-order valence-corrected chi connectivity index (χ4v) is 4.16. The topological polar surface area (TPSA) is 91.7 Å². The molecule has 0 bridgehead atoms. The number of halogens is 2. The summed E-state index contributed by atoms with van der Waals surface area (Å²) in [4.78, 5) is 14.9. The SMILES string of the molecule is CCN(C)Cc1c(Cc2cccc(NS(=O)(=O)NC)c2Cl)c(=O)oc2c[c]c(Cl)cc12. The highest BCUT2D eigenvalue weighted by Gasteiger charge is 2.19. The van der Waals surface area contributed by atoms with Gasteiger partial charge in [0.1, 0.15) is 5.58 Å². The molecule has 3 rings (SSSR count). The van der Waals surface area contributed by atoms with E-state index in [0.717, 1.165) is 17.5 Å². The highest BCUT2D eigenvalue weighted by atomic mass is 35.5. The predicted molar refractivity (Wildman–Crippen MR) is 124 cm³/mol. The molecule has 10 heteroatoms. The normalized spacial score (nSPS) is 11.9. The lowest BCUT2D eigenvalue weighted by Gasteiger charge is -2.19. The largest absolute Gasteiger partial charge is 0.422 e. The van der Waals surface area contributed by atoms with Crippen molar-refractivity contribution in [3.8, 4) is 0 Å². The molecule has 7 nitrogen and oxygen atoms in total. The average molecular weight is 483 g/mol. The summed E-state index contributed by atoms with van der Waals surface area (Å²) in [6.45, 7) is 3.29. The first-order valence-corrected chi connectivity index (χ1v) is 11.7. The molecule has 0 saturated heterocycles. The van der Waals surface area contributed by atoms with Gasteiger partial charge in [0.05, 0.1) is 10.7 Å². The highest BCUT2D eigenvalue weighted by Crippen LogP contribution is 2.31. The van der Waals surface area contributed by atoms with E-state index in [0.29, 0.717) is 28.3 Å². The van der Waals surface area contributed by atoms with E-state index in [1.807, 2.05) is 14.0 Å². The van der Waals surface area contributed by atoms with Crippen LogP contribution in [0.15, 0.2) is 39.5 Å². The van der Waals surface area contributed by atoms with Crippen LogP contribution < -0.4 is 15.1 Å². The van der Waals surface area contributed by atoms with Crippen molar-refractivity contribution < 1.29 is 12.8 Å². The molecule has 3 aromatic rings. The maximum Gasteiger partial charge on any atom is 0.340 e. The smallest absolute Gasteiger partial charge is 0.340 e. The quantitative estimate of drug-likeness (QED) is 0.476. The molecule has 0 spiro atoms. The van der Waals surface area contributed by atoms with E-state index in [2.05, 4.69) is 20.4 Å². The molecule has 2 aromatic carbocycles. The van der Waals surface area contributed by atoms with Crippen molar-refractivity contribution in [2.45, 2.75) is 19.9 Å². The Morgan fingerprint density at radius 1 is 1.23 bits per heavy atom. The van der Waals surface area contributed by atoms with Gasteiger partial charge in [-0.25, -0.2) is 9.52 Å². The summed E-state index contributed by atoms with van der Waals surface area (Å²) in [6.07, 6.45) is 0.162. The van der Waals surface area contributed by atoms with Gasteiger partial charge in [-0.2, -0.15) is 8.42 Å². The van der Waals surface area contributed by atoms with Crippen molar-refractivity contribution in [1.29, 1.82) is 0 Å². The van der Waals surface area contributed by atoms with E-state index in [9.17, 15) is 13.2 Å². The van der Waals surface area contributed by atoms with Crippen molar-refractivity contribution >= 4 is 50.1 Å². The Morgan fingerprint density at radius 2 is 1.97 bits per heavy atom. The minimum absolute atomic E-state index is 0.162. The van der Waals surface area contributed by atoms with Crippen molar-refractivity contribution in [1.82, 2.24) is 9.62 Å². The summed E-state index contributed by atoms with van der Waals surface area (Å²) in [5.41, 5.74) is 1.93. The van der Waals surface area contributed by atoms with Crippen LogP contribution in [0.1, 0.15) is 23.6 Å². The third kappa shape index (κ3) is 5.39. The first-order chi connectivity index (χ1) is 14.6. The fraction of sp³-hybridized carbons (Fsp3) is 0.286. The molecule has 0 amide bonds. The van der Waals surface area contributed by atoms with Crippen LogP contribution in [-0.2, 0) is 23.2 Å². The molecule has 0 saturated carbocycles. The van der Waals surface area contributed by atoms with Crippen LogP contribution in [0.5, 0.6) is 0 Å². The van der Waals surface area contributed by atoms with Crippen LogP contribution in [-0.4, -0.2) is 34.0 Å². The van der Waals surface area contributed by atoms with Crippen LogP contribution in [0.2, 0.25) is 10.0 Å². The number of rotatable bonds is 8. The van der Waals surface area contributed by atoms with Gasteiger partial charge >= 0.3 is 5.63 Å². The molecule has 1 heterocycles. The van der Waals surface area contributed by atoms with Crippen LogP contribution in [0, 0.1) is 6.07 Å². The summed E-state index contributed by atoms with van der Waals surface area (Å²) < 4.78 is 33.8. The highest BCUT2D eigenvalue weighted by molar-refractivity contribution is 7.90. The van der Waals surface area contributed by atoms with Gasteiger partial charge in [0, 0.05) is 42.1 Å². The number of nitrogens with zero attached hydrogens (tertiary/aromatic N) is 1. The van der Waals surface area contributed by atoms with Gasteiger partial charge in [0.15, 0.2) is 0 Å². The van der Waals surface area contributed by atoms with Crippen LogP contribution >= 0.6 is 23.2 Å². The molecule has 0 aliphatic heterocycles. The molecule has 31 heavy (non-hydrogen) atoms. The molecular weight excluding hydrogens is 461 g/mol. The lowest BCUT2D eigenvalue weighted by molar-refractivity contribution is 0.344. The molecule has 0 atom stereocenters. The van der Waals surface area contributed by atoms with E-state index in [4.69, 9.17) is 27.6 Å². The van der Waals surface area contributed by atoms with Crippen molar-refractivity contribution in [2.75, 3.05) is 25.4 Å². The Labute approximate surface area is 191 Å². The average Bonchev–Trinajstić information content (AvgIpc) is 2.73. The third-order valence-electron chi connectivity index (χ3n) is 4.94. The second-order valence-corrected chi connectivity index (χ2v) is 9.41. The number of anilines is 1. The summed E-state index contributed by atoms with van der Waals surface area (Å²) in [5, 5.41) is 1.34. The van der Waals surface area contributed by atoms with E-state index < -0.39 is 15.8 Å². The maximum atomic E-state index is 12.9. The predicted octanol–water partition coefficient (Wildman–Crippen LogP) is 3.82. The Bertz CT molecular complexity index is 1280. The van der Waals surface area contributed by atoms with Gasteiger partial charge in [-0.3, -0.25) is 4.72 Å². The zero-order valence-corrected chi connectivity index (χ0v) is 19.6. The number of benzene rings is 2. The van der Waals surface area contributed by atoms with Gasteiger partial charge in [0.25, 0.3) is 10.2 Å². The molecule has 0 aliphatic rings. The van der Waals surface area contributed by atoms with Gasteiger partial charge in [-0.05, 0) is 42.9 Å². The second kappa shape index (κ2) is 9.58. The minimum Gasteiger partial charge on any atom is -0.422 e. The first kappa shape index (κ1) is 23.6. The van der Waals surface area contributed by atoms with Crippen molar-refractivity contribution in [2.24, 2.45) is 0 Å². The molecule has 0 aliphatic carbocycles. The summed E-state index contributed by atoms with van der Waals surface area (Å²) in [7, 11) is -0.507. The van der Waals surface area contributed by atoms with Gasteiger partial charge in [-0.15, -0.1) is 0 Å². The third-order valence-corrected chi connectivity index (χ3v) is 6.63. The lowest BCUT2D eigenvalue weighted by atomic mass is 9.97. The number of hydrogen-bond acceptors (Lipinski definition) is 5. The monoisotopic (exact) mass is 482 g/mol. The van der Waals surface area contributed by atoms with Crippen LogP contribution in [0.4, 0.5) is 5.69 Å². The summed E-state index contributed by atoms with van der Waals surface area (Å²) in [5.74, 6) is 0. The standard InChI is InChI=1S/C21H22Cl2N3O4S/c1-4-26(3)12-17-15-11-14(22)8-9-19(15)30-21(27)16(17)10-13-6-5-7-18(20(13)23)25-31(28,29)24-2/h5-7,9,11,24-25H,4,10,12H2,1-3H3. The van der Waals surface area contributed by atoms with E-state index >= 15 is 0 Å². The van der Waals surface area contributed by atoms with Crippen molar-refractivity contribution in [3.63, 3.8) is 0 Å². The zero-order chi connectivity index (χ0) is 22.8. The molecule has 0 fully saturated rings. The molecule has 2 N–H and O–H groups in total. The van der Waals surface area contributed by atoms with Crippen LogP contribution in [0.25, 0.3) is 11.0 Å². The first-order valence-electron chi connectivity index (χ1n) is 9.48. The lowest BCUT2D eigenvalue weighted by Crippen LogP contribution is -2.26. The molecule has 1 aromatic heterocycles. The molecule has 0 unspecified atom stereocenters. The Hall–Kier alpha value is -2.10. The van der Waals surface area contributed by atoms with Crippen LogP contribution in [0.3, 0.4) is 0 Å². The van der Waals surface area contributed by atoms with Gasteiger partial charge in [-0.1, -0.05) is 42.3 Å². The number of nitrogens with one attached hydrogen (secondary N) is 2. The van der Waals surface area contributed by atoms with E-state index in [1.54, 1.807) is 30.3 Å². The number of hydrogen-bond donors (Lipinski definition) is 2. The molecule has 165 valence electrons. The maximum absolute atomic E-state index is 12.9. The fourth-order valence-electron chi connectivity index (χ4n) is 3.14. The zero-order valence-electron chi connectivity index (χ0n) is 17.3. The molecular formula is C21H22Cl2N3O4S. The van der Waals surface area contributed by atoms with E-state index in [1.165, 1.54) is 7.05 Å². The molecule has 1 radical (unpaired) electrons. The van der Waals surface area contributed by atoms with Gasteiger partial charge in [0.2, 0.25) is 0 Å². The minimum atomic E-state index is -3.74. The van der Waals surface area contributed by atoms with Gasteiger partial charge < -0.3 is 9.32 Å². The summed E-state index contributed by atoms with van der Waals surface area (Å²) in [6, 6.07) is 11.1.